The molecule has 0 amide bonds. The number of rotatable bonds is 4. The first kappa shape index (κ1) is 12.3. The van der Waals surface area contributed by atoms with Gasteiger partial charge in [-0.3, -0.25) is 4.90 Å². The standard InChI is InChI=1S/C13H27N3/c14-13(16-10-5-2-6-11-16)7-12-15-8-3-1-4-9-15/h13H,1-12,14H2. The van der Waals surface area contributed by atoms with Crippen LogP contribution in [0.4, 0.5) is 0 Å². The zero-order valence-electron chi connectivity index (χ0n) is 10.5. The van der Waals surface area contributed by atoms with Crippen molar-refractivity contribution in [2.45, 2.75) is 51.1 Å². The van der Waals surface area contributed by atoms with E-state index in [9.17, 15) is 0 Å². The molecule has 94 valence electrons. The molecule has 2 N–H and O–H groups in total. The Bertz CT molecular complexity index is 184. The van der Waals surface area contributed by atoms with Gasteiger partial charge in [0, 0.05) is 6.54 Å². The number of likely N-dealkylation sites (tertiary alicyclic amines) is 2. The molecule has 0 aromatic carbocycles. The molecular weight excluding hydrogens is 198 g/mol. The van der Waals surface area contributed by atoms with E-state index in [0.717, 1.165) is 6.42 Å². The summed E-state index contributed by atoms with van der Waals surface area (Å²) < 4.78 is 0. The van der Waals surface area contributed by atoms with Gasteiger partial charge in [-0.05, 0) is 58.3 Å². The van der Waals surface area contributed by atoms with Gasteiger partial charge in [0.15, 0.2) is 0 Å². The second-order valence-corrected chi connectivity index (χ2v) is 5.35. The molecular formula is C13H27N3. The molecule has 0 bridgehead atoms. The lowest BCUT2D eigenvalue weighted by Gasteiger charge is -2.34. The second kappa shape index (κ2) is 6.58. The minimum atomic E-state index is 0.308. The fraction of sp³-hybridized carbons (Fsp3) is 1.00. The number of piperidine rings is 2. The Hall–Kier alpha value is -0.120. The molecule has 3 heteroatoms. The summed E-state index contributed by atoms with van der Waals surface area (Å²) in [4.78, 5) is 5.07. The molecule has 2 rings (SSSR count). The van der Waals surface area contributed by atoms with E-state index in [0.29, 0.717) is 6.17 Å². The summed E-state index contributed by atoms with van der Waals surface area (Å²) >= 11 is 0. The highest BCUT2D eigenvalue weighted by Gasteiger charge is 2.18. The van der Waals surface area contributed by atoms with Crippen molar-refractivity contribution < 1.29 is 0 Å². The monoisotopic (exact) mass is 225 g/mol. The van der Waals surface area contributed by atoms with E-state index in [1.165, 1.54) is 71.2 Å². The quantitative estimate of drug-likeness (QED) is 0.789. The van der Waals surface area contributed by atoms with Gasteiger partial charge < -0.3 is 10.6 Å². The minimum Gasteiger partial charge on any atom is -0.316 e. The zero-order chi connectivity index (χ0) is 11.2. The largest absolute Gasteiger partial charge is 0.316 e. The minimum absolute atomic E-state index is 0.308. The number of hydrogen-bond donors (Lipinski definition) is 1. The highest BCUT2D eigenvalue weighted by Crippen LogP contribution is 2.13. The Labute approximate surface area is 100.0 Å². The van der Waals surface area contributed by atoms with Crippen LogP contribution in [-0.4, -0.2) is 48.7 Å². The first-order valence-electron chi connectivity index (χ1n) is 7.08. The van der Waals surface area contributed by atoms with Crippen molar-refractivity contribution in [3.8, 4) is 0 Å². The van der Waals surface area contributed by atoms with E-state index in [1.807, 2.05) is 0 Å². The van der Waals surface area contributed by atoms with Crippen molar-refractivity contribution in [3.63, 3.8) is 0 Å². The van der Waals surface area contributed by atoms with Crippen LogP contribution in [-0.2, 0) is 0 Å². The SMILES string of the molecule is NC(CCN1CCCCC1)N1CCCCC1. The maximum absolute atomic E-state index is 6.26. The predicted molar refractivity (Wildman–Crippen MR) is 68.3 cm³/mol. The van der Waals surface area contributed by atoms with Gasteiger partial charge in [-0.1, -0.05) is 12.8 Å². The molecule has 1 unspecified atom stereocenters. The predicted octanol–water partition coefficient (Wildman–Crippen LogP) is 1.63. The topological polar surface area (TPSA) is 32.5 Å². The summed E-state index contributed by atoms with van der Waals surface area (Å²) in [5, 5.41) is 0. The van der Waals surface area contributed by atoms with Gasteiger partial charge in [-0.15, -0.1) is 0 Å². The van der Waals surface area contributed by atoms with Crippen LogP contribution in [0.3, 0.4) is 0 Å². The fourth-order valence-electron chi connectivity index (χ4n) is 2.93. The molecule has 2 saturated heterocycles. The lowest BCUT2D eigenvalue weighted by Crippen LogP contribution is -2.46. The third kappa shape index (κ3) is 3.72. The maximum Gasteiger partial charge on any atom is 0.0584 e. The van der Waals surface area contributed by atoms with Crippen LogP contribution in [0.15, 0.2) is 0 Å². The molecule has 0 saturated carbocycles. The van der Waals surface area contributed by atoms with Crippen LogP contribution in [0, 0.1) is 0 Å². The summed E-state index contributed by atoms with van der Waals surface area (Å²) in [5.41, 5.74) is 6.26. The maximum atomic E-state index is 6.26. The third-order valence-electron chi connectivity index (χ3n) is 4.05. The van der Waals surface area contributed by atoms with E-state index in [4.69, 9.17) is 5.73 Å². The van der Waals surface area contributed by atoms with Crippen LogP contribution in [0.5, 0.6) is 0 Å². The fourth-order valence-corrected chi connectivity index (χ4v) is 2.93. The molecule has 0 radical (unpaired) electrons. The van der Waals surface area contributed by atoms with Crippen molar-refractivity contribution in [1.82, 2.24) is 9.80 Å². The lowest BCUT2D eigenvalue weighted by molar-refractivity contribution is 0.136. The third-order valence-corrected chi connectivity index (χ3v) is 4.05. The van der Waals surface area contributed by atoms with E-state index < -0.39 is 0 Å². The first-order valence-corrected chi connectivity index (χ1v) is 7.08. The second-order valence-electron chi connectivity index (χ2n) is 5.35. The van der Waals surface area contributed by atoms with Crippen molar-refractivity contribution in [2.24, 2.45) is 5.73 Å². The molecule has 0 spiro atoms. The number of hydrogen-bond acceptors (Lipinski definition) is 3. The molecule has 2 aliphatic rings. The van der Waals surface area contributed by atoms with Gasteiger partial charge in [0.25, 0.3) is 0 Å². The Morgan fingerprint density at radius 1 is 0.812 bits per heavy atom. The molecule has 3 nitrogen and oxygen atoms in total. The van der Waals surface area contributed by atoms with Crippen LogP contribution >= 0.6 is 0 Å². The van der Waals surface area contributed by atoms with Crippen LogP contribution in [0.1, 0.15) is 44.9 Å². The first-order chi connectivity index (χ1) is 7.86. The zero-order valence-corrected chi connectivity index (χ0v) is 10.5. The summed E-state index contributed by atoms with van der Waals surface area (Å²) in [5.74, 6) is 0. The molecule has 16 heavy (non-hydrogen) atoms. The van der Waals surface area contributed by atoms with E-state index in [-0.39, 0.29) is 0 Å². The molecule has 2 heterocycles. The number of nitrogens with zero attached hydrogens (tertiary/aromatic N) is 2. The van der Waals surface area contributed by atoms with Gasteiger partial charge in [0.2, 0.25) is 0 Å². The van der Waals surface area contributed by atoms with Crippen molar-refractivity contribution in [3.05, 3.63) is 0 Å². The van der Waals surface area contributed by atoms with Crippen LogP contribution in [0.2, 0.25) is 0 Å². The Morgan fingerprint density at radius 3 is 2.00 bits per heavy atom. The highest BCUT2D eigenvalue weighted by molar-refractivity contribution is 4.73. The van der Waals surface area contributed by atoms with E-state index >= 15 is 0 Å². The molecule has 0 aromatic heterocycles. The van der Waals surface area contributed by atoms with Gasteiger partial charge >= 0.3 is 0 Å². The highest BCUT2D eigenvalue weighted by atomic mass is 15.2. The summed E-state index contributed by atoms with van der Waals surface area (Å²) in [6.07, 6.45) is 9.75. The van der Waals surface area contributed by atoms with Gasteiger partial charge in [-0.25, -0.2) is 0 Å². The van der Waals surface area contributed by atoms with Crippen molar-refractivity contribution >= 4 is 0 Å². The van der Waals surface area contributed by atoms with E-state index in [1.54, 1.807) is 0 Å². The van der Waals surface area contributed by atoms with Crippen molar-refractivity contribution in [1.29, 1.82) is 0 Å². The lowest BCUT2D eigenvalue weighted by atomic mass is 10.1. The summed E-state index contributed by atoms with van der Waals surface area (Å²) in [6.45, 7) is 6.25. The molecule has 2 aliphatic heterocycles. The average Bonchev–Trinajstić information content (AvgIpc) is 2.38. The van der Waals surface area contributed by atoms with Gasteiger partial charge in [0.1, 0.15) is 0 Å². The molecule has 2 fully saturated rings. The van der Waals surface area contributed by atoms with Crippen molar-refractivity contribution in [2.75, 3.05) is 32.7 Å². The average molecular weight is 225 g/mol. The molecule has 0 aromatic rings. The molecule has 1 atom stereocenters. The summed E-state index contributed by atoms with van der Waals surface area (Å²) in [6, 6.07) is 0. The van der Waals surface area contributed by atoms with Crippen LogP contribution < -0.4 is 5.73 Å². The van der Waals surface area contributed by atoms with Gasteiger partial charge in [0.05, 0.1) is 6.17 Å². The Balaban J connectivity index is 1.63. The van der Waals surface area contributed by atoms with Gasteiger partial charge in [-0.2, -0.15) is 0 Å². The van der Waals surface area contributed by atoms with E-state index in [2.05, 4.69) is 9.80 Å². The Morgan fingerprint density at radius 2 is 1.38 bits per heavy atom. The molecule has 0 aliphatic carbocycles. The summed E-state index contributed by atoms with van der Waals surface area (Å²) in [7, 11) is 0. The Kier molecular flexibility index (Phi) is 5.07. The smallest absolute Gasteiger partial charge is 0.0584 e. The number of nitrogens with two attached hydrogens (primary N) is 1. The van der Waals surface area contributed by atoms with Crippen LogP contribution in [0.25, 0.3) is 0 Å². The normalized spacial score (nSPS) is 26.8.